The first-order chi connectivity index (χ1) is 4.72. The topological polar surface area (TPSA) is 43.1 Å². The third kappa shape index (κ3) is 1.57. The molecule has 2 heteroatoms. The van der Waals surface area contributed by atoms with Gasteiger partial charge >= 0.3 is 0 Å². The van der Waals surface area contributed by atoms with Gasteiger partial charge in [0.05, 0.1) is 6.04 Å². The predicted molar refractivity (Wildman–Crippen MR) is 40.6 cm³/mol. The zero-order chi connectivity index (χ0) is 7.56. The molecule has 0 saturated heterocycles. The Hall–Kier alpha value is -0.370. The largest absolute Gasteiger partial charge is 0.322 e. The third-order valence-electron chi connectivity index (χ3n) is 2.21. The van der Waals surface area contributed by atoms with E-state index in [-0.39, 0.29) is 11.8 Å². The minimum atomic E-state index is -0.247. The van der Waals surface area contributed by atoms with Crippen molar-refractivity contribution in [1.29, 1.82) is 0 Å². The maximum Gasteiger partial charge on any atom is 0.152 e. The van der Waals surface area contributed by atoms with Gasteiger partial charge in [-0.15, -0.1) is 0 Å². The summed E-state index contributed by atoms with van der Waals surface area (Å²) in [7, 11) is 0. The second-order valence-corrected chi connectivity index (χ2v) is 3.17. The summed E-state index contributed by atoms with van der Waals surface area (Å²) in [6.45, 7) is 1.78. The molecule has 0 heterocycles. The van der Waals surface area contributed by atoms with Gasteiger partial charge in [0, 0.05) is 5.92 Å². The normalized spacial score (nSPS) is 23.0. The minimum Gasteiger partial charge on any atom is -0.322 e. The standard InChI is InChI=1S/C8H15NO/c1-6(9)8(10)7-4-2-3-5-7/h6-7H,2-5,9H2,1H3. The molecule has 0 radical (unpaired) electrons. The van der Waals surface area contributed by atoms with E-state index < -0.39 is 0 Å². The molecule has 0 aliphatic heterocycles. The average Bonchev–Trinajstić information content (AvgIpc) is 2.36. The first-order valence-electron chi connectivity index (χ1n) is 4.01. The van der Waals surface area contributed by atoms with Gasteiger partial charge in [-0.3, -0.25) is 4.79 Å². The molecule has 2 N–H and O–H groups in total. The zero-order valence-electron chi connectivity index (χ0n) is 6.47. The number of hydrogen-bond donors (Lipinski definition) is 1. The molecule has 58 valence electrons. The van der Waals surface area contributed by atoms with Crippen LogP contribution < -0.4 is 5.73 Å². The Morgan fingerprint density at radius 2 is 2.00 bits per heavy atom. The molecular formula is C8H15NO. The van der Waals surface area contributed by atoms with E-state index in [9.17, 15) is 4.79 Å². The lowest BCUT2D eigenvalue weighted by molar-refractivity contribution is -0.123. The molecular weight excluding hydrogens is 126 g/mol. The average molecular weight is 141 g/mol. The molecule has 1 fully saturated rings. The lowest BCUT2D eigenvalue weighted by Crippen LogP contribution is -2.31. The first kappa shape index (κ1) is 7.73. The van der Waals surface area contributed by atoms with Crippen LogP contribution in [0.4, 0.5) is 0 Å². The van der Waals surface area contributed by atoms with E-state index >= 15 is 0 Å². The molecule has 1 atom stereocenters. The summed E-state index contributed by atoms with van der Waals surface area (Å²) in [4.78, 5) is 11.2. The van der Waals surface area contributed by atoms with E-state index in [0.29, 0.717) is 5.92 Å². The van der Waals surface area contributed by atoms with Crippen molar-refractivity contribution in [2.45, 2.75) is 38.6 Å². The Kier molecular flexibility index (Phi) is 2.44. The molecule has 1 unspecified atom stereocenters. The van der Waals surface area contributed by atoms with Crippen LogP contribution in [0.2, 0.25) is 0 Å². The van der Waals surface area contributed by atoms with E-state index in [4.69, 9.17) is 5.73 Å². The number of ketones is 1. The van der Waals surface area contributed by atoms with Crippen LogP contribution in [0.3, 0.4) is 0 Å². The zero-order valence-corrected chi connectivity index (χ0v) is 6.47. The number of carbonyl (C=O) groups is 1. The van der Waals surface area contributed by atoms with Crippen molar-refractivity contribution in [3.05, 3.63) is 0 Å². The Bertz CT molecular complexity index is 125. The fraction of sp³-hybridized carbons (Fsp3) is 0.875. The molecule has 2 nitrogen and oxygen atoms in total. The van der Waals surface area contributed by atoms with E-state index in [1.54, 1.807) is 6.92 Å². The van der Waals surface area contributed by atoms with Crippen molar-refractivity contribution >= 4 is 5.78 Å². The van der Waals surface area contributed by atoms with Crippen LogP contribution in [0.1, 0.15) is 32.6 Å². The van der Waals surface area contributed by atoms with Gasteiger partial charge in [-0.2, -0.15) is 0 Å². The molecule has 1 rings (SSSR count). The quantitative estimate of drug-likeness (QED) is 0.625. The minimum absolute atomic E-state index is 0.247. The van der Waals surface area contributed by atoms with Crippen molar-refractivity contribution in [1.82, 2.24) is 0 Å². The Balaban J connectivity index is 2.40. The van der Waals surface area contributed by atoms with Crippen molar-refractivity contribution in [2.24, 2.45) is 11.7 Å². The van der Waals surface area contributed by atoms with Gasteiger partial charge in [-0.25, -0.2) is 0 Å². The van der Waals surface area contributed by atoms with Gasteiger partial charge in [0.1, 0.15) is 0 Å². The highest BCUT2D eigenvalue weighted by molar-refractivity contribution is 5.85. The Labute approximate surface area is 61.8 Å². The molecule has 1 aliphatic carbocycles. The maximum atomic E-state index is 11.2. The van der Waals surface area contributed by atoms with Gasteiger partial charge in [-0.1, -0.05) is 12.8 Å². The molecule has 1 saturated carbocycles. The summed E-state index contributed by atoms with van der Waals surface area (Å²) < 4.78 is 0. The molecule has 0 bridgehead atoms. The van der Waals surface area contributed by atoms with Crippen LogP contribution in [0.5, 0.6) is 0 Å². The highest BCUT2D eigenvalue weighted by Crippen LogP contribution is 2.25. The van der Waals surface area contributed by atoms with Crippen molar-refractivity contribution in [3.63, 3.8) is 0 Å². The van der Waals surface area contributed by atoms with Gasteiger partial charge in [0.25, 0.3) is 0 Å². The van der Waals surface area contributed by atoms with Crippen LogP contribution in [0.15, 0.2) is 0 Å². The van der Waals surface area contributed by atoms with Gasteiger partial charge in [0.2, 0.25) is 0 Å². The highest BCUT2D eigenvalue weighted by Gasteiger charge is 2.24. The molecule has 0 aromatic rings. The van der Waals surface area contributed by atoms with Crippen LogP contribution >= 0.6 is 0 Å². The number of carbonyl (C=O) groups excluding carboxylic acids is 1. The molecule has 10 heavy (non-hydrogen) atoms. The van der Waals surface area contributed by atoms with E-state index in [1.165, 1.54) is 12.8 Å². The van der Waals surface area contributed by atoms with Crippen LogP contribution in [-0.4, -0.2) is 11.8 Å². The molecule has 0 amide bonds. The maximum absolute atomic E-state index is 11.2. The van der Waals surface area contributed by atoms with Crippen molar-refractivity contribution in [2.75, 3.05) is 0 Å². The Morgan fingerprint density at radius 3 is 2.40 bits per heavy atom. The molecule has 0 aromatic carbocycles. The lowest BCUT2D eigenvalue weighted by atomic mass is 9.98. The van der Waals surface area contributed by atoms with Crippen molar-refractivity contribution in [3.8, 4) is 0 Å². The fourth-order valence-corrected chi connectivity index (χ4v) is 1.58. The SMILES string of the molecule is CC(N)C(=O)C1CCCC1. The van der Waals surface area contributed by atoms with Crippen LogP contribution in [0, 0.1) is 5.92 Å². The summed E-state index contributed by atoms with van der Waals surface area (Å²) in [6.07, 6.45) is 4.56. The van der Waals surface area contributed by atoms with E-state index in [2.05, 4.69) is 0 Å². The first-order valence-corrected chi connectivity index (χ1v) is 4.01. The number of rotatable bonds is 2. The predicted octanol–water partition coefficient (Wildman–Crippen LogP) is 1.09. The number of nitrogens with two attached hydrogens (primary N) is 1. The second-order valence-electron chi connectivity index (χ2n) is 3.17. The highest BCUT2D eigenvalue weighted by atomic mass is 16.1. The summed E-state index contributed by atoms with van der Waals surface area (Å²) in [5, 5.41) is 0. The summed E-state index contributed by atoms with van der Waals surface area (Å²) >= 11 is 0. The van der Waals surface area contributed by atoms with Gasteiger partial charge < -0.3 is 5.73 Å². The van der Waals surface area contributed by atoms with Crippen LogP contribution in [0.25, 0.3) is 0 Å². The summed E-state index contributed by atoms with van der Waals surface area (Å²) in [5.41, 5.74) is 5.47. The van der Waals surface area contributed by atoms with Gasteiger partial charge in [-0.05, 0) is 19.8 Å². The monoisotopic (exact) mass is 141 g/mol. The molecule has 0 aromatic heterocycles. The van der Waals surface area contributed by atoms with Crippen molar-refractivity contribution < 1.29 is 4.79 Å². The molecule has 0 spiro atoms. The molecule has 1 aliphatic rings. The van der Waals surface area contributed by atoms with E-state index in [1.807, 2.05) is 0 Å². The van der Waals surface area contributed by atoms with E-state index in [0.717, 1.165) is 12.8 Å². The fourth-order valence-electron chi connectivity index (χ4n) is 1.58. The van der Waals surface area contributed by atoms with Crippen LogP contribution in [-0.2, 0) is 4.79 Å². The Morgan fingerprint density at radius 1 is 1.50 bits per heavy atom. The summed E-state index contributed by atoms with van der Waals surface area (Å²) in [5.74, 6) is 0.553. The third-order valence-corrected chi connectivity index (χ3v) is 2.21. The number of hydrogen-bond acceptors (Lipinski definition) is 2. The summed E-state index contributed by atoms with van der Waals surface area (Å²) in [6, 6.07) is -0.247. The smallest absolute Gasteiger partial charge is 0.152 e. The second kappa shape index (κ2) is 3.15. The number of Topliss-reactive ketones (excluding diaryl/α,β-unsaturated/α-hetero) is 1. The van der Waals surface area contributed by atoms with Gasteiger partial charge in [0.15, 0.2) is 5.78 Å². The lowest BCUT2D eigenvalue weighted by Gasteiger charge is -2.09.